The molecule has 14 heavy (non-hydrogen) atoms. The fourth-order valence-electron chi connectivity index (χ4n) is 2.18. The molecule has 2 aliphatic rings. The summed E-state index contributed by atoms with van der Waals surface area (Å²) < 4.78 is 5.39. The fourth-order valence-corrected chi connectivity index (χ4v) is 2.18. The number of hydrogen-bond donors (Lipinski definition) is 1. The van der Waals surface area contributed by atoms with Crippen molar-refractivity contribution in [2.24, 2.45) is 0 Å². The van der Waals surface area contributed by atoms with Crippen LogP contribution in [0.4, 0.5) is 0 Å². The largest absolute Gasteiger partial charge is 0.392 e. The molecule has 1 N–H and O–H groups in total. The maximum atomic E-state index is 9.52. The van der Waals surface area contributed by atoms with E-state index in [1.165, 1.54) is 5.57 Å². The number of aliphatic hydroxyl groups excluding tert-OH is 1. The maximum absolute atomic E-state index is 9.52. The van der Waals surface area contributed by atoms with Crippen LogP contribution in [0.5, 0.6) is 0 Å². The molecule has 2 heterocycles. The lowest BCUT2D eigenvalue weighted by molar-refractivity contribution is 0.0706. The van der Waals surface area contributed by atoms with E-state index in [0.29, 0.717) is 0 Å². The summed E-state index contributed by atoms with van der Waals surface area (Å²) in [5.41, 5.74) is 1.38. The van der Waals surface area contributed by atoms with Crippen LogP contribution in [-0.2, 0) is 4.74 Å². The first-order valence-corrected chi connectivity index (χ1v) is 5.50. The highest BCUT2D eigenvalue weighted by molar-refractivity contribution is 5.07. The van der Waals surface area contributed by atoms with Crippen molar-refractivity contribution in [3.63, 3.8) is 0 Å². The van der Waals surface area contributed by atoms with Crippen LogP contribution in [0.3, 0.4) is 0 Å². The van der Waals surface area contributed by atoms with Gasteiger partial charge in [0, 0.05) is 13.1 Å². The summed E-state index contributed by atoms with van der Waals surface area (Å²) in [4.78, 5) is 2.33. The number of aliphatic hydroxyl groups is 1. The summed E-state index contributed by atoms with van der Waals surface area (Å²) in [5.74, 6) is 0. The molecule has 1 unspecified atom stereocenters. The van der Waals surface area contributed by atoms with Crippen molar-refractivity contribution >= 4 is 0 Å². The normalized spacial score (nSPS) is 30.1. The highest BCUT2D eigenvalue weighted by atomic mass is 16.5. The van der Waals surface area contributed by atoms with Crippen LogP contribution in [0.15, 0.2) is 11.6 Å². The minimum atomic E-state index is -0.117. The van der Waals surface area contributed by atoms with Gasteiger partial charge < -0.3 is 9.84 Å². The second kappa shape index (κ2) is 4.91. The molecular formula is C11H19NO2. The van der Waals surface area contributed by atoms with Gasteiger partial charge in [-0.1, -0.05) is 6.08 Å². The van der Waals surface area contributed by atoms with Gasteiger partial charge in [0.1, 0.15) is 0 Å². The van der Waals surface area contributed by atoms with Crippen molar-refractivity contribution < 1.29 is 9.84 Å². The minimum Gasteiger partial charge on any atom is -0.392 e. The zero-order valence-corrected chi connectivity index (χ0v) is 8.61. The van der Waals surface area contributed by atoms with E-state index in [-0.39, 0.29) is 6.10 Å². The van der Waals surface area contributed by atoms with Gasteiger partial charge in [-0.2, -0.15) is 0 Å². The SMILES string of the molecule is OC1CCCN(CC2=CCCOC2)C1. The molecule has 3 heteroatoms. The highest BCUT2D eigenvalue weighted by Gasteiger charge is 2.18. The highest BCUT2D eigenvalue weighted by Crippen LogP contribution is 2.13. The molecule has 0 spiro atoms. The summed E-state index contributed by atoms with van der Waals surface area (Å²) in [6.45, 7) is 4.58. The van der Waals surface area contributed by atoms with E-state index in [9.17, 15) is 5.11 Å². The first-order valence-electron chi connectivity index (χ1n) is 5.50. The number of nitrogens with zero attached hydrogens (tertiary/aromatic N) is 1. The Morgan fingerprint density at radius 3 is 3.21 bits per heavy atom. The van der Waals surface area contributed by atoms with Gasteiger partial charge in [-0.15, -0.1) is 0 Å². The molecule has 0 aromatic carbocycles. The number of β-amino-alcohol motifs (C(OH)–C–C–N with tert-alkyl or cyclic N) is 1. The Balaban J connectivity index is 1.80. The first-order chi connectivity index (χ1) is 6.84. The van der Waals surface area contributed by atoms with Crippen LogP contribution in [0.2, 0.25) is 0 Å². The Kier molecular flexibility index (Phi) is 3.56. The molecule has 3 nitrogen and oxygen atoms in total. The third-order valence-corrected chi connectivity index (χ3v) is 2.89. The second-order valence-electron chi connectivity index (χ2n) is 4.23. The van der Waals surface area contributed by atoms with Gasteiger partial charge in [0.05, 0.1) is 19.3 Å². The van der Waals surface area contributed by atoms with Gasteiger partial charge in [0.2, 0.25) is 0 Å². The number of likely N-dealkylation sites (tertiary alicyclic amines) is 1. The average molecular weight is 197 g/mol. The van der Waals surface area contributed by atoms with Crippen LogP contribution in [0.1, 0.15) is 19.3 Å². The lowest BCUT2D eigenvalue weighted by Crippen LogP contribution is -2.39. The third-order valence-electron chi connectivity index (χ3n) is 2.89. The maximum Gasteiger partial charge on any atom is 0.0689 e. The molecule has 0 aliphatic carbocycles. The lowest BCUT2D eigenvalue weighted by atomic mass is 10.1. The van der Waals surface area contributed by atoms with Crippen molar-refractivity contribution in [2.45, 2.75) is 25.4 Å². The lowest BCUT2D eigenvalue weighted by Gasteiger charge is -2.31. The van der Waals surface area contributed by atoms with Crippen molar-refractivity contribution in [1.82, 2.24) is 4.90 Å². The van der Waals surface area contributed by atoms with Crippen molar-refractivity contribution in [1.29, 1.82) is 0 Å². The Hall–Kier alpha value is -0.380. The third kappa shape index (κ3) is 2.80. The molecule has 0 radical (unpaired) electrons. The van der Waals surface area contributed by atoms with Crippen molar-refractivity contribution in [3.05, 3.63) is 11.6 Å². The predicted octanol–water partition coefficient (Wildman–Crippen LogP) is 0.790. The van der Waals surface area contributed by atoms with E-state index in [2.05, 4.69) is 11.0 Å². The van der Waals surface area contributed by atoms with Gasteiger partial charge >= 0.3 is 0 Å². The van der Waals surface area contributed by atoms with Gasteiger partial charge in [-0.25, -0.2) is 0 Å². The predicted molar refractivity (Wildman–Crippen MR) is 55.2 cm³/mol. The quantitative estimate of drug-likeness (QED) is 0.664. The minimum absolute atomic E-state index is 0.117. The van der Waals surface area contributed by atoms with Crippen molar-refractivity contribution in [2.75, 3.05) is 32.8 Å². The molecule has 1 fully saturated rings. The Morgan fingerprint density at radius 1 is 1.57 bits per heavy atom. The van der Waals surface area contributed by atoms with E-state index in [4.69, 9.17) is 4.74 Å². The number of piperidine rings is 1. The van der Waals surface area contributed by atoms with Crippen LogP contribution >= 0.6 is 0 Å². The van der Waals surface area contributed by atoms with E-state index in [1.54, 1.807) is 0 Å². The molecule has 1 saturated heterocycles. The molecule has 0 bridgehead atoms. The van der Waals surface area contributed by atoms with E-state index >= 15 is 0 Å². The van der Waals surface area contributed by atoms with Gasteiger partial charge in [0.25, 0.3) is 0 Å². The van der Waals surface area contributed by atoms with Gasteiger partial charge in [0.15, 0.2) is 0 Å². The topological polar surface area (TPSA) is 32.7 Å². The summed E-state index contributed by atoms with van der Waals surface area (Å²) in [6.07, 6.45) is 5.30. The molecule has 0 amide bonds. The molecule has 2 aliphatic heterocycles. The molecule has 0 aromatic rings. The summed E-state index contributed by atoms with van der Waals surface area (Å²) in [6, 6.07) is 0. The molecule has 0 aromatic heterocycles. The number of ether oxygens (including phenoxy) is 1. The molecular weight excluding hydrogens is 178 g/mol. The van der Waals surface area contributed by atoms with Gasteiger partial charge in [-0.05, 0) is 31.4 Å². The Labute approximate surface area is 85.4 Å². The number of hydrogen-bond acceptors (Lipinski definition) is 3. The Morgan fingerprint density at radius 2 is 2.50 bits per heavy atom. The summed E-state index contributed by atoms with van der Waals surface area (Å²) >= 11 is 0. The molecule has 80 valence electrons. The van der Waals surface area contributed by atoms with Crippen LogP contribution in [0.25, 0.3) is 0 Å². The first kappa shape index (κ1) is 10.1. The monoisotopic (exact) mass is 197 g/mol. The van der Waals surface area contributed by atoms with E-state index in [1.807, 2.05) is 0 Å². The molecule has 0 saturated carbocycles. The fraction of sp³-hybridized carbons (Fsp3) is 0.818. The standard InChI is InChI=1S/C11H19NO2/c13-11-4-1-5-12(8-11)7-10-3-2-6-14-9-10/h3,11,13H,1-2,4-9H2. The summed E-state index contributed by atoms with van der Waals surface area (Å²) in [5, 5.41) is 9.52. The zero-order chi connectivity index (χ0) is 9.80. The average Bonchev–Trinajstić information content (AvgIpc) is 2.19. The van der Waals surface area contributed by atoms with E-state index < -0.39 is 0 Å². The van der Waals surface area contributed by atoms with Crippen LogP contribution in [-0.4, -0.2) is 49.0 Å². The zero-order valence-electron chi connectivity index (χ0n) is 8.61. The second-order valence-corrected chi connectivity index (χ2v) is 4.23. The molecule has 2 rings (SSSR count). The summed E-state index contributed by atoms with van der Waals surface area (Å²) in [7, 11) is 0. The smallest absolute Gasteiger partial charge is 0.0689 e. The van der Waals surface area contributed by atoms with Crippen LogP contribution < -0.4 is 0 Å². The van der Waals surface area contributed by atoms with Crippen LogP contribution in [0, 0.1) is 0 Å². The van der Waals surface area contributed by atoms with Crippen molar-refractivity contribution in [3.8, 4) is 0 Å². The van der Waals surface area contributed by atoms with Gasteiger partial charge in [-0.3, -0.25) is 4.90 Å². The Bertz CT molecular complexity index is 215. The number of rotatable bonds is 2. The molecule has 1 atom stereocenters. The van der Waals surface area contributed by atoms with E-state index in [0.717, 1.165) is 52.1 Å².